The molecule has 0 saturated carbocycles. The first-order valence-electron chi connectivity index (χ1n) is 34.4. The van der Waals surface area contributed by atoms with E-state index in [2.05, 4.69) is 19.2 Å². The van der Waals surface area contributed by atoms with E-state index in [-0.39, 0.29) is 18.9 Å². The minimum absolute atomic E-state index is 0.231. The van der Waals surface area contributed by atoms with Crippen LogP contribution in [0.5, 0.6) is 0 Å². The van der Waals surface area contributed by atoms with Gasteiger partial charge in [0.1, 0.15) is 48.8 Å². The lowest BCUT2D eigenvalue weighted by Gasteiger charge is -2.46. The van der Waals surface area contributed by atoms with Crippen LogP contribution in [0, 0.1) is 0 Å². The highest BCUT2D eigenvalue weighted by Crippen LogP contribution is 2.30. The zero-order chi connectivity index (χ0) is 58.8. The molecule has 81 heavy (non-hydrogen) atoms. The van der Waals surface area contributed by atoms with Crippen molar-refractivity contribution in [3.05, 3.63) is 12.2 Å². The lowest BCUT2D eigenvalue weighted by atomic mass is 9.97. The van der Waals surface area contributed by atoms with E-state index in [0.29, 0.717) is 6.42 Å². The Morgan fingerprint density at radius 2 is 0.765 bits per heavy atom. The number of amides is 1. The van der Waals surface area contributed by atoms with Crippen molar-refractivity contribution < 1.29 is 64.6 Å². The summed E-state index contributed by atoms with van der Waals surface area (Å²) in [5, 5.41) is 87.4. The van der Waals surface area contributed by atoms with Crippen LogP contribution in [0.1, 0.15) is 316 Å². The topological polar surface area (TPSA) is 228 Å². The van der Waals surface area contributed by atoms with Gasteiger partial charge >= 0.3 is 0 Å². The van der Waals surface area contributed by atoms with Gasteiger partial charge in [-0.1, -0.05) is 302 Å². The summed E-state index contributed by atoms with van der Waals surface area (Å²) in [6, 6.07) is -0.911. The maximum atomic E-state index is 13.3. The number of ether oxygens (including phenoxy) is 4. The average molecular weight is 1160 g/mol. The Kier molecular flexibility index (Phi) is 49.6. The van der Waals surface area contributed by atoms with Gasteiger partial charge in [0.25, 0.3) is 0 Å². The van der Waals surface area contributed by atoms with Gasteiger partial charge in [0, 0.05) is 6.42 Å². The van der Waals surface area contributed by atoms with Crippen LogP contribution in [0.3, 0.4) is 0 Å². The quantitative estimate of drug-likeness (QED) is 0.0204. The van der Waals surface area contributed by atoms with E-state index in [9.17, 15) is 45.6 Å². The Hall–Kier alpha value is -1.27. The maximum absolute atomic E-state index is 13.3. The Balaban J connectivity index is 1.70. The van der Waals surface area contributed by atoms with Crippen LogP contribution in [0.15, 0.2) is 12.2 Å². The van der Waals surface area contributed by atoms with Crippen LogP contribution in [-0.2, 0) is 23.7 Å². The number of nitrogens with one attached hydrogen (secondary N) is 1. The lowest BCUT2D eigenvalue weighted by Crippen LogP contribution is -2.65. The van der Waals surface area contributed by atoms with Crippen LogP contribution in [-0.4, -0.2) is 140 Å². The predicted octanol–water partition coefficient (Wildman–Crippen LogP) is 13.4. The minimum atomic E-state index is -1.79. The Bertz CT molecular complexity index is 1410. The number of hydrogen-bond donors (Lipinski definition) is 9. The molecular formula is C67H129NO13. The average Bonchev–Trinajstić information content (AvgIpc) is 3.63. The molecule has 2 rings (SSSR count). The third-order valence-electron chi connectivity index (χ3n) is 17.2. The van der Waals surface area contributed by atoms with E-state index >= 15 is 0 Å². The number of carbonyl (C=O) groups excluding carboxylic acids is 1. The van der Waals surface area contributed by atoms with E-state index in [0.717, 1.165) is 38.5 Å². The molecule has 9 N–H and O–H groups in total. The summed E-state index contributed by atoms with van der Waals surface area (Å²) in [6.45, 7) is 2.86. The molecule has 0 radical (unpaired) electrons. The Morgan fingerprint density at radius 3 is 1.14 bits per heavy atom. The molecule has 0 aliphatic carbocycles. The molecule has 2 fully saturated rings. The molecular weight excluding hydrogens is 1030 g/mol. The summed E-state index contributed by atoms with van der Waals surface area (Å²) >= 11 is 0. The van der Waals surface area contributed by atoms with E-state index in [1.54, 1.807) is 6.08 Å². The van der Waals surface area contributed by atoms with Crippen molar-refractivity contribution in [3.8, 4) is 0 Å². The van der Waals surface area contributed by atoms with Gasteiger partial charge in [-0.15, -0.1) is 0 Å². The zero-order valence-electron chi connectivity index (χ0n) is 52.1. The van der Waals surface area contributed by atoms with Crippen molar-refractivity contribution in [1.29, 1.82) is 0 Å². The second-order valence-corrected chi connectivity index (χ2v) is 24.7. The molecule has 0 spiro atoms. The van der Waals surface area contributed by atoms with Crippen molar-refractivity contribution >= 4 is 5.91 Å². The number of aliphatic hydroxyl groups is 8. The maximum Gasteiger partial charge on any atom is 0.220 e. The fraction of sp³-hybridized carbons (Fsp3) is 0.955. The van der Waals surface area contributed by atoms with Crippen LogP contribution in [0.4, 0.5) is 0 Å². The van der Waals surface area contributed by atoms with Gasteiger partial charge in [-0.3, -0.25) is 4.79 Å². The van der Waals surface area contributed by atoms with E-state index in [4.69, 9.17) is 18.9 Å². The predicted molar refractivity (Wildman–Crippen MR) is 328 cm³/mol. The molecule has 0 aromatic rings. The summed E-state index contributed by atoms with van der Waals surface area (Å²) in [5.41, 5.74) is 0. The molecule has 2 aliphatic heterocycles. The first kappa shape index (κ1) is 75.8. The van der Waals surface area contributed by atoms with E-state index in [1.165, 1.54) is 250 Å². The number of unbranched alkanes of at least 4 members (excludes halogenated alkanes) is 44. The molecule has 0 aromatic carbocycles. The summed E-state index contributed by atoms with van der Waals surface area (Å²) in [4.78, 5) is 13.3. The number of hydrogen-bond acceptors (Lipinski definition) is 13. The molecule has 1 amide bonds. The van der Waals surface area contributed by atoms with Gasteiger partial charge in [-0.25, -0.2) is 0 Å². The lowest BCUT2D eigenvalue weighted by molar-refractivity contribution is -0.359. The molecule has 14 heteroatoms. The Labute approximate surface area is 495 Å². The number of allylic oxidation sites excluding steroid dienone is 1. The van der Waals surface area contributed by atoms with Gasteiger partial charge in [0.05, 0.1) is 32.0 Å². The monoisotopic (exact) mass is 1160 g/mol. The molecule has 0 aromatic heterocycles. The number of aliphatic hydroxyl groups excluding tert-OH is 8. The van der Waals surface area contributed by atoms with Crippen molar-refractivity contribution in [1.82, 2.24) is 5.32 Å². The first-order valence-corrected chi connectivity index (χ1v) is 34.4. The molecule has 480 valence electrons. The molecule has 0 bridgehead atoms. The van der Waals surface area contributed by atoms with Gasteiger partial charge in [-0.2, -0.15) is 0 Å². The first-order chi connectivity index (χ1) is 39.6. The molecule has 14 nitrogen and oxygen atoms in total. The van der Waals surface area contributed by atoms with Crippen LogP contribution >= 0.6 is 0 Å². The SMILES string of the molecule is CCCCCCCCCCCCCCCCCCCCCCCCC/C=C/C(O)C(COC1OC(CO)C(OC2OC(CO)C(O)C(O)C2O)C(O)C1O)NC(=O)CCCCCCCCCCCCCCCCCCCCCCCC. The summed E-state index contributed by atoms with van der Waals surface area (Å²) < 4.78 is 22.9. The molecule has 12 atom stereocenters. The highest BCUT2D eigenvalue weighted by atomic mass is 16.7. The van der Waals surface area contributed by atoms with E-state index in [1.807, 2.05) is 6.08 Å². The second kappa shape index (κ2) is 53.0. The fourth-order valence-corrected chi connectivity index (χ4v) is 11.7. The van der Waals surface area contributed by atoms with Crippen molar-refractivity contribution in [2.24, 2.45) is 0 Å². The highest BCUT2D eigenvalue weighted by Gasteiger charge is 2.51. The van der Waals surface area contributed by atoms with Crippen LogP contribution in [0.2, 0.25) is 0 Å². The van der Waals surface area contributed by atoms with Crippen LogP contribution in [0.25, 0.3) is 0 Å². The zero-order valence-corrected chi connectivity index (χ0v) is 52.1. The number of carbonyl (C=O) groups is 1. The largest absolute Gasteiger partial charge is 0.394 e. The fourth-order valence-electron chi connectivity index (χ4n) is 11.7. The van der Waals surface area contributed by atoms with Crippen molar-refractivity contribution in [3.63, 3.8) is 0 Å². The normalized spacial score (nSPS) is 24.1. The standard InChI is InChI=1S/C67H129NO13/c1-3-5-7-9-11-13-15-17-19-21-23-25-27-28-29-30-32-34-36-38-40-42-44-46-48-50-56(71)55(54-78-66-64(77)62(75)65(58(53-70)80-66)81-67-63(76)61(74)60(73)57(52-69)79-67)68-59(72)51-49-47-45-43-41-39-37-35-33-31-26-24-22-20-18-16-14-12-10-8-6-4-2/h48,50,55-58,60-67,69-71,73-77H,3-47,49,51-54H2,1-2H3,(H,68,72)/b50-48+. The van der Waals surface area contributed by atoms with Gasteiger partial charge in [0.15, 0.2) is 12.6 Å². The number of rotatable bonds is 57. The minimum Gasteiger partial charge on any atom is -0.394 e. The van der Waals surface area contributed by atoms with Crippen molar-refractivity contribution in [2.45, 2.75) is 389 Å². The van der Waals surface area contributed by atoms with Gasteiger partial charge in [0.2, 0.25) is 5.91 Å². The van der Waals surface area contributed by atoms with Gasteiger partial charge in [-0.05, 0) is 19.3 Å². The third-order valence-corrected chi connectivity index (χ3v) is 17.2. The summed E-state index contributed by atoms with van der Waals surface area (Å²) in [6.07, 6.45) is 46.9. The molecule has 2 aliphatic rings. The third kappa shape index (κ3) is 37.8. The molecule has 12 unspecified atom stereocenters. The van der Waals surface area contributed by atoms with E-state index < -0.39 is 86.8 Å². The molecule has 2 heterocycles. The van der Waals surface area contributed by atoms with Crippen LogP contribution < -0.4 is 5.32 Å². The van der Waals surface area contributed by atoms with Gasteiger partial charge < -0.3 is 65.1 Å². The smallest absolute Gasteiger partial charge is 0.220 e. The van der Waals surface area contributed by atoms with Crippen molar-refractivity contribution in [2.75, 3.05) is 19.8 Å². The second-order valence-electron chi connectivity index (χ2n) is 24.7. The highest BCUT2D eigenvalue weighted by molar-refractivity contribution is 5.76. The summed E-state index contributed by atoms with van der Waals surface area (Å²) in [7, 11) is 0. The Morgan fingerprint density at radius 1 is 0.432 bits per heavy atom. The summed E-state index contributed by atoms with van der Waals surface area (Å²) in [5.74, 6) is -0.231. The molecule has 2 saturated heterocycles.